The molecule has 0 aliphatic carbocycles. The number of likely N-dealkylation sites (N-methyl/N-ethyl adjacent to an activating group) is 1. The Kier molecular flexibility index (Phi) is 2.32. The van der Waals surface area contributed by atoms with E-state index in [1.165, 1.54) is 0 Å². The van der Waals surface area contributed by atoms with Crippen molar-refractivity contribution in [1.82, 2.24) is 10.2 Å². The van der Waals surface area contributed by atoms with Crippen molar-refractivity contribution >= 4 is 11.8 Å². The van der Waals surface area contributed by atoms with Crippen LogP contribution in [-0.4, -0.2) is 35.3 Å². The van der Waals surface area contributed by atoms with Crippen LogP contribution in [0, 0.1) is 0 Å². The van der Waals surface area contributed by atoms with Gasteiger partial charge in [-0.1, -0.05) is 0 Å². The smallest absolute Gasteiger partial charge is 0.247 e. The Hall–Kier alpha value is -1.06. The van der Waals surface area contributed by atoms with Gasteiger partial charge in [0.1, 0.15) is 5.54 Å². The number of nitrogens with zero attached hydrogens (tertiary/aromatic N) is 1. The van der Waals surface area contributed by atoms with Crippen molar-refractivity contribution in [3.8, 4) is 0 Å². The van der Waals surface area contributed by atoms with Gasteiger partial charge in [-0.3, -0.25) is 9.59 Å². The zero-order valence-corrected chi connectivity index (χ0v) is 8.55. The van der Waals surface area contributed by atoms with Crippen LogP contribution in [0.1, 0.15) is 27.2 Å². The highest BCUT2D eigenvalue weighted by atomic mass is 16.2. The molecule has 1 fully saturated rings. The SMILES string of the molecule is CC1CC(=O)NC(C)(C)C(=O)N1C. The summed E-state index contributed by atoms with van der Waals surface area (Å²) < 4.78 is 0. The van der Waals surface area contributed by atoms with Crippen LogP contribution in [0.3, 0.4) is 0 Å². The van der Waals surface area contributed by atoms with Gasteiger partial charge in [0.25, 0.3) is 0 Å². The molecular formula is C9H16N2O2. The van der Waals surface area contributed by atoms with E-state index in [0.717, 1.165) is 0 Å². The molecule has 4 nitrogen and oxygen atoms in total. The van der Waals surface area contributed by atoms with Gasteiger partial charge >= 0.3 is 0 Å². The molecule has 0 spiro atoms. The predicted octanol–water partition coefficient (Wildman–Crippen LogP) is 0.132. The number of amides is 2. The molecule has 0 radical (unpaired) electrons. The van der Waals surface area contributed by atoms with Gasteiger partial charge < -0.3 is 10.2 Å². The maximum Gasteiger partial charge on any atom is 0.247 e. The number of carbonyl (C=O) groups excluding carboxylic acids is 2. The average molecular weight is 184 g/mol. The van der Waals surface area contributed by atoms with E-state index < -0.39 is 5.54 Å². The van der Waals surface area contributed by atoms with Gasteiger partial charge in [-0.15, -0.1) is 0 Å². The summed E-state index contributed by atoms with van der Waals surface area (Å²) >= 11 is 0. The second-order valence-electron chi connectivity index (χ2n) is 4.14. The molecule has 0 aromatic carbocycles. The molecule has 0 aromatic heterocycles. The third kappa shape index (κ3) is 1.82. The van der Waals surface area contributed by atoms with Gasteiger partial charge in [-0.25, -0.2) is 0 Å². The largest absolute Gasteiger partial charge is 0.342 e. The second kappa shape index (κ2) is 3.01. The lowest BCUT2D eigenvalue weighted by atomic mass is 10.0. The Morgan fingerprint density at radius 1 is 1.46 bits per heavy atom. The van der Waals surface area contributed by atoms with E-state index in [1.807, 2.05) is 6.92 Å². The van der Waals surface area contributed by atoms with E-state index in [2.05, 4.69) is 5.32 Å². The third-order valence-corrected chi connectivity index (χ3v) is 2.45. The number of hydrogen-bond acceptors (Lipinski definition) is 2. The van der Waals surface area contributed by atoms with E-state index >= 15 is 0 Å². The first-order chi connectivity index (χ1) is 5.84. The van der Waals surface area contributed by atoms with E-state index in [9.17, 15) is 9.59 Å². The molecule has 2 amide bonds. The molecule has 0 saturated carbocycles. The number of rotatable bonds is 0. The Bertz CT molecular complexity index is 248. The Morgan fingerprint density at radius 3 is 2.54 bits per heavy atom. The highest BCUT2D eigenvalue weighted by Gasteiger charge is 2.37. The molecule has 1 heterocycles. The molecule has 1 aliphatic heterocycles. The van der Waals surface area contributed by atoms with Crippen molar-refractivity contribution in [2.45, 2.75) is 38.8 Å². The minimum Gasteiger partial charge on any atom is -0.342 e. The maximum atomic E-state index is 11.7. The first-order valence-corrected chi connectivity index (χ1v) is 4.43. The molecular weight excluding hydrogens is 168 g/mol. The molecule has 1 aliphatic rings. The Morgan fingerprint density at radius 2 is 2.00 bits per heavy atom. The first kappa shape index (κ1) is 10.0. The van der Waals surface area contributed by atoms with Crippen LogP contribution < -0.4 is 5.32 Å². The molecule has 1 N–H and O–H groups in total. The van der Waals surface area contributed by atoms with E-state index in [4.69, 9.17) is 0 Å². The van der Waals surface area contributed by atoms with Crippen LogP contribution >= 0.6 is 0 Å². The van der Waals surface area contributed by atoms with E-state index in [1.54, 1.807) is 25.8 Å². The minimum absolute atomic E-state index is 0.0192. The van der Waals surface area contributed by atoms with Gasteiger partial charge in [-0.05, 0) is 20.8 Å². The zero-order chi connectivity index (χ0) is 10.2. The van der Waals surface area contributed by atoms with Crippen LogP contribution in [0.2, 0.25) is 0 Å². The fourth-order valence-corrected chi connectivity index (χ4v) is 1.50. The molecule has 1 unspecified atom stereocenters. The van der Waals surface area contributed by atoms with Crippen molar-refractivity contribution in [2.24, 2.45) is 0 Å². The van der Waals surface area contributed by atoms with E-state index in [0.29, 0.717) is 6.42 Å². The van der Waals surface area contributed by atoms with Crippen molar-refractivity contribution in [1.29, 1.82) is 0 Å². The van der Waals surface area contributed by atoms with Gasteiger partial charge in [0.15, 0.2) is 0 Å². The molecule has 1 saturated heterocycles. The minimum atomic E-state index is -0.767. The van der Waals surface area contributed by atoms with Crippen LogP contribution in [0.4, 0.5) is 0 Å². The molecule has 1 rings (SSSR count). The summed E-state index contributed by atoms with van der Waals surface area (Å²) in [5.41, 5.74) is -0.767. The lowest BCUT2D eigenvalue weighted by Gasteiger charge is -2.28. The second-order valence-corrected chi connectivity index (χ2v) is 4.14. The molecule has 0 aromatic rings. The van der Waals surface area contributed by atoms with Gasteiger partial charge in [0.05, 0.1) is 0 Å². The lowest BCUT2D eigenvalue weighted by molar-refractivity contribution is -0.137. The van der Waals surface area contributed by atoms with Gasteiger partial charge in [0, 0.05) is 19.5 Å². The van der Waals surface area contributed by atoms with Crippen molar-refractivity contribution in [3.05, 3.63) is 0 Å². The fourth-order valence-electron chi connectivity index (χ4n) is 1.50. The monoisotopic (exact) mass is 184 g/mol. The molecule has 13 heavy (non-hydrogen) atoms. The molecule has 4 heteroatoms. The summed E-state index contributed by atoms with van der Waals surface area (Å²) in [4.78, 5) is 24.7. The summed E-state index contributed by atoms with van der Waals surface area (Å²) in [7, 11) is 1.73. The highest BCUT2D eigenvalue weighted by Crippen LogP contribution is 2.15. The number of hydrogen-bond donors (Lipinski definition) is 1. The summed E-state index contributed by atoms with van der Waals surface area (Å²) in [6, 6.07) is -0.0192. The average Bonchev–Trinajstić information content (AvgIpc) is 2.03. The van der Waals surface area contributed by atoms with Gasteiger partial charge in [0.2, 0.25) is 11.8 Å². The summed E-state index contributed by atoms with van der Waals surface area (Å²) in [6.07, 6.45) is 0.381. The molecule has 1 atom stereocenters. The molecule has 74 valence electrons. The first-order valence-electron chi connectivity index (χ1n) is 4.43. The zero-order valence-electron chi connectivity index (χ0n) is 8.55. The van der Waals surface area contributed by atoms with Crippen LogP contribution in [0.5, 0.6) is 0 Å². The van der Waals surface area contributed by atoms with Crippen molar-refractivity contribution < 1.29 is 9.59 Å². The van der Waals surface area contributed by atoms with Crippen LogP contribution in [0.15, 0.2) is 0 Å². The highest BCUT2D eigenvalue weighted by molar-refractivity contribution is 5.93. The standard InChI is InChI=1S/C9H16N2O2/c1-6-5-7(12)10-9(2,3)8(13)11(6)4/h6H,5H2,1-4H3,(H,10,12). The summed E-state index contributed by atoms with van der Waals surface area (Å²) in [5.74, 6) is -0.0962. The van der Waals surface area contributed by atoms with Gasteiger partial charge in [-0.2, -0.15) is 0 Å². The molecule has 0 bridgehead atoms. The van der Waals surface area contributed by atoms with Crippen molar-refractivity contribution in [2.75, 3.05) is 7.05 Å². The normalized spacial score (nSPS) is 28.3. The van der Waals surface area contributed by atoms with Crippen molar-refractivity contribution in [3.63, 3.8) is 0 Å². The quantitative estimate of drug-likeness (QED) is 0.582. The third-order valence-electron chi connectivity index (χ3n) is 2.45. The summed E-state index contributed by atoms with van der Waals surface area (Å²) in [6.45, 7) is 5.32. The Labute approximate surface area is 78.3 Å². The lowest BCUT2D eigenvalue weighted by Crippen LogP contribution is -2.52. The number of carbonyl (C=O) groups is 2. The van der Waals surface area contributed by atoms with E-state index in [-0.39, 0.29) is 17.9 Å². The maximum absolute atomic E-state index is 11.7. The number of nitrogens with one attached hydrogen (secondary N) is 1. The van der Waals surface area contributed by atoms with Crippen LogP contribution in [0.25, 0.3) is 0 Å². The van der Waals surface area contributed by atoms with Crippen LogP contribution in [-0.2, 0) is 9.59 Å². The Balaban J connectivity index is 2.95. The topological polar surface area (TPSA) is 49.4 Å². The fraction of sp³-hybridized carbons (Fsp3) is 0.778. The summed E-state index contributed by atoms with van der Waals surface area (Å²) in [5, 5.41) is 2.70. The predicted molar refractivity (Wildman–Crippen MR) is 49.1 cm³/mol.